The summed E-state index contributed by atoms with van der Waals surface area (Å²) < 4.78 is 7.69. The van der Waals surface area contributed by atoms with Crippen molar-refractivity contribution in [2.75, 3.05) is 6.61 Å². The first-order chi connectivity index (χ1) is 8.38. The second kappa shape index (κ2) is 4.47. The Hall–Kier alpha value is -1.39. The van der Waals surface area contributed by atoms with Crippen LogP contribution >= 0.6 is 0 Å². The zero-order chi connectivity index (χ0) is 11.7. The van der Waals surface area contributed by atoms with Gasteiger partial charge in [-0.3, -0.25) is 4.68 Å². The van der Waals surface area contributed by atoms with Crippen molar-refractivity contribution in [3.8, 4) is 0 Å². The molecule has 1 aliphatic rings. The number of aromatic nitrogens is 2. The minimum Gasteiger partial charge on any atom is -0.376 e. The molecular weight excluding hydrogens is 214 g/mol. The van der Waals surface area contributed by atoms with E-state index < -0.39 is 0 Å². The summed E-state index contributed by atoms with van der Waals surface area (Å²) in [6.45, 7) is 2.20. The van der Waals surface area contributed by atoms with Crippen LogP contribution in [0.15, 0.2) is 24.3 Å². The van der Waals surface area contributed by atoms with Gasteiger partial charge in [0.05, 0.1) is 23.9 Å². The summed E-state index contributed by atoms with van der Waals surface area (Å²) in [6.07, 6.45) is 2.60. The van der Waals surface area contributed by atoms with Gasteiger partial charge >= 0.3 is 0 Å². The Labute approximate surface area is 100 Å². The van der Waals surface area contributed by atoms with Gasteiger partial charge in [-0.05, 0) is 18.9 Å². The van der Waals surface area contributed by atoms with E-state index in [-0.39, 0.29) is 0 Å². The maximum absolute atomic E-state index is 5.73. The molecule has 90 valence electrons. The summed E-state index contributed by atoms with van der Waals surface area (Å²) in [7, 11) is 0. The topological polar surface area (TPSA) is 53.1 Å². The molecule has 1 atom stereocenters. The van der Waals surface area contributed by atoms with Crippen molar-refractivity contribution in [1.29, 1.82) is 0 Å². The second-order valence-electron chi connectivity index (χ2n) is 4.49. The van der Waals surface area contributed by atoms with Gasteiger partial charge in [0.2, 0.25) is 0 Å². The molecule has 2 heterocycles. The molecule has 0 spiro atoms. The van der Waals surface area contributed by atoms with E-state index in [0.717, 1.165) is 42.6 Å². The van der Waals surface area contributed by atoms with Crippen molar-refractivity contribution in [3.05, 3.63) is 30.0 Å². The Kier molecular flexibility index (Phi) is 2.82. The number of nitrogens with two attached hydrogens (primary N) is 1. The van der Waals surface area contributed by atoms with Gasteiger partial charge in [-0.25, -0.2) is 0 Å². The van der Waals surface area contributed by atoms with Crippen LogP contribution in [0.4, 0.5) is 0 Å². The van der Waals surface area contributed by atoms with Gasteiger partial charge in [0.1, 0.15) is 0 Å². The second-order valence-corrected chi connectivity index (χ2v) is 4.49. The molecule has 1 fully saturated rings. The van der Waals surface area contributed by atoms with E-state index in [9.17, 15) is 0 Å². The summed E-state index contributed by atoms with van der Waals surface area (Å²) in [5, 5.41) is 5.74. The Morgan fingerprint density at radius 2 is 2.29 bits per heavy atom. The molecule has 0 amide bonds. The maximum atomic E-state index is 5.73. The number of rotatable bonds is 3. The van der Waals surface area contributed by atoms with E-state index in [0.29, 0.717) is 12.6 Å². The van der Waals surface area contributed by atoms with Crippen molar-refractivity contribution in [2.24, 2.45) is 5.73 Å². The van der Waals surface area contributed by atoms with Crippen molar-refractivity contribution >= 4 is 10.9 Å². The van der Waals surface area contributed by atoms with Crippen LogP contribution in [0.3, 0.4) is 0 Å². The van der Waals surface area contributed by atoms with Gasteiger partial charge in [0, 0.05) is 18.5 Å². The fourth-order valence-corrected chi connectivity index (χ4v) is 2.47. The Morgan fingerprint density at radius 1 is 1.41 bits per heavy atom. The van der Waals surface area contributed by atoms with Crippen molar-refractivity contribution in [3.63, 3.8) is 0 Å². The molecule has 3 rings (SSSR count). The highest BCUT2D eigenvalue weighted by molar-refractivity contribution is 5.81. The summed E-state index contributed by atoms with van der Waals surface area (Å²) in [5.74, 6) is 0. The summed E-state index contributed by atoms with van der Waals surface area (Å²) in [5.41, 5.74) is 7.86. The lowest BCUT2D eigenvalue weighted by Gasteiger charge is -2.09. The lowest BCUT2D eigenvalue weighted by molar-refractivity contribution is 0.0950. The third kappa shape index (κ3) is 1.94. The predicted octanol–water partition coefficient (Wildman–Crippen LogP) is 1.67. The van der Waals surface area contributed by atoms with Gasteiger partial charge in [0.25, 0.3) is 0 Å². The van der Waals surface area contributed by atoms with Crippen molar-refractivity contribution in [1.82, 2.24) is 9.78 Å². The van der Waals surface area contributed by atoms with Crippen LogP contribution in [-0.2, 0) is 17.8 Å². The molecule has 1 aromatic heterocycles. The number of ether oxygens (including phenoxy) is 1. The van der Waals surface area contributed by atoms with E-state index in [1.807, 2.05) is 16.8 Å². The lowest BCUT2D eigenvalue weighted by atomic mass is 10.2. The van der Waals surface area contributed by atoms with E-state index in [4.69, 9.17) is 10.5 Å². The number of para-hydroxylation sites is 1. The SMILES string of the molecule is NCc1nn(CC2CCCO2)c2ccccc12. The van der Waals surface area contributed by atoms with Crippen LogP contribution in [0.25, 0.3) is 10.9 Å². The van der Waals surface area contributed by atoms with Crippen LogP contribution in [0.1, 0.15) is 18.5 Å². The molecule has 2 aromatic rings. The first-order valence-electron chi connectivity index (χ1n) is 6.14. The molecular formula is C13H17N3O. The van der Waals surface area contributed by atoms with E-state index in [2.05, 4.69) is 17.2 Å². The highest BCUT2D eigenvalue weighted by atomic mass is 16.5. The van der Waals surface area contributed by atoms with E-state index in [1.54, 1.807) is 0 Å². The van der Waals surface area contributed by atoms with Crippen LogP contribution in [-0.4, -0.2) is 22.5 Å². The van der Waals surface area contributed by atoms with Gasteiger partial charge < -0.3 is 10.5 Å². The molecule has 1 saturated heterocycles. The smallest absolute Gasteiger partial charge is 0.0839 e. The molecule has 0 radical (unpaired) electrons. The average molecular weight is 231 g/mol. The average Bonchev–Trinajstić information content (AvgIpc) is 2.98. The molecule has 1 aromatic carbocycles. The van der Waals surface area contributed by atoms with E-state index in [1.165, 1.54) is 0 Å². The third-order valence-electron chi connectivity index (χ3n) is 3.33. The molecule has 4 nitrogen and oxygen atoms in total. The Morgan fingerprint density at radius 3 is 3.06 bits per heavy atom. The normalized spacial score (nSPS) is 20.2. The standard InChI is InChI=1S/C13H17N3O/c14-8-12-11-5-1-2-6-13(11)16(15-12)9-10-4-3-7-17-10/h1-2,5-6,10H,3-4,7-9,14H2. The first kappa shape index (κ1) is 10.7. The quantitative estimate of drug-likeness (QED) is 0.874. The van der Waals surface area contributed by atoms with Crippen LogP contribution in [0, 0.1) is 0 Å². The number of benzene rings is 1. The largest absolute Gasteiger partial charge is 0.376 e. The van der Waals surface area contributed by atoms with E-state index >= 15 is 0 Å². The fraction of sp³-hybridized carbons (Fsp3) is 0.462. The number of hydrogen-bond donors (Lipinski definition) is 1. The first-order valence-corrected chi connectivity index (χ1v) is 6.14. The monoisotopic (exact) mass is 231 g/mol. The van der Waals surface area contributed by atoms with Gasteiger partial charge in [-0.1, -0.05) is 18.2 Å². The lowest BCUT2D eigenvalue weighted by Crippen LogP contribution is -2.16. The van der Waals surface area contributed by atoms with Gasteiger partial charge in [0.15, 0.2) is 0 Å². The summed E-state index contributed by atoms with van der Waals surface area (Å²) in [4.78, 5) is 0. The number of fused-ring (bicyclic) bond motifs is 1. The summed E-state index contributed by atoms with van der Waals surface area (Å²) >= 11 is 0. The minimum atomic E-state index is 0.309. The zero-order valence-corrected chi connectivity index (χ0v) is 9.80. The molecule has 17 heavy (non-hydrogen) atoms. The molecule has 0 aliphatic carbocycles. The minimum absolute atomic E-state index is 0.309. The Balaban J connectivity index is 1.97. The van der Waals surface area contributed by atoms with Gasteiger partial charge in [-0.15, -0.1) is 0 Å². The Bertz CT molecular complexity index is 514. The van der Waals surface area contributed by atoms with Crippen molar-refractivity contribution < 1.29 is 4.74 Å². The molecule has 0 saturated carbocycles. The highest BCUT2D eigenvalue weighted by Crippen LogP contribution is 2.21. The number of hydrogen-bond acceptors (Lipinski definition) is 3. The van der Waals surface area contributed by atoms with Crippen LogP contribution < -0.4 is 5.73 Å². The van der Waals surface area contributed by atoms with Crippen LogP contribution in [0.5, 0.6) is 0 Å². The molecule has 4 heteroatoms. The highest BCUT2D eigenvalue weighted by Gasteiger charge is 2.18. The van der Waals surface area contributed by atoms with Crippen molar-refractivity contribution in [2.45, 2.75) is 32.0 Å². The zero-order valence-electron chi connectivity index (χ0n) is 9.80. The molecule has 1 aliphatic heterocycles. The predicted molar refractivity (Wildman–Crippen MR) is 66.6 cm³/mol. The third-order valence-corrected chi connectivity index (χ3v) is 3.33. The fourth-order valence-electron chi connectivity index (χ4n) is 2.47. The summed E-state index contributed by atoms with van der Waals surface area (Å²) in [6, 6.07) is 8.24. The molecule has 0 bridgehead atoms. The molecule has 2 N–H and O–H groups in total. The van der Waals surface area contributed by atoms with Crippen LogP contribution in [0.2, 0.25) is 0 Å². The maximum Gasteiger partial charge on any atom is 0.0839 e. The number of nitrogens with zero attached hydrogens (tertiary/aromatic N) is 2. The van der Waals surface area contributed by atoms with Gasteiger partial charge in [-0.2, -0.15) is 5.10 Å². The molecule has 1 unspecified atom stereocenters.